The fourth-order valence-corrected chi connectivity index (χ4v) is 6.94. The molecule has 0 aliphatic heterocycles. The van der Waals surface area contributed by atoms with Gasteiger partial charge in [-0.25, -0.2) is 15.0 Å². The van der Waals surface area contributed by atoms with E-state index in [1.807, 2.05) is 133 Å². The predicted octanol–water partition coefficient (Wildman–Crippen LogP) is 11.5. The zero-order valence-electron chi connectivity index (χ0n) is 31.5. The highest BCUT2D eigenvalue weighted by Gasteiger charge is 2.20. The first-order chi connectivity index (χ1) is 26.9. The second kappa shape index (κ2) is 11.4. The molecule has 5 heteroatoms. The summed E-state index contributed by atoms with van der Waals surface area (Å²) in [6.45, 7) is 0. The second-order valence-corrected chi connectivity index (χ2v) is 12.1. The lowest BCUT2D eigenvalue weighted by Gasteiger charge is -2.10. The molecule has 0 amide bonds. The minimum absolute atomic E-state index is 0.170. The molecule has 0 N–H and O–H groups in total. The molecule has 0 unspecified atom stereocenters. The van der Waals surface area contributed by atoms with Crippen molar-refractivity contribution in [1.29, 1.82) is 0 Å². The zero-order valence-corrected chi connectivity index (χ0v) is 26.5. The minimum atomic E-state index is -0.418. The topological polar surface area (TPSA) is 56.7 Å². The van der Waals surface area contributed by atoms with E-state index in [1.165, 1.54) is 0 Å². The number of para-hydroxylation sites is 1. The zero-order chi connectivity index (χ0) is 37.4. The number of rotatable bonds is 5. The molecule has 0 aliphatic rings. The third-order valence-corrected chi connectivity index (χ3v) is 9.14. The van der Waals surface area contributed by atoms with Gasteiger partial charge in [0.2, 0.25) is 0 Å². The van der Waals surface area contributed by atoms with E-state index in [0.29, 0.717) is 34.2 Å². The number of nitrogens with zero attached hydrogens (tertiary/aromatic N) is 4. The van der Waals surface area contributed by atoms with Crippen LogP contribution in [0.4, 0.5) is 0 Å². The van der Waals surface area contributed by atoms with Gasteiger partial charge in [-0.3, -0.25) is 0 Å². The molecular weight excluding hydrogens is 613 g/mol. The molecule has 0 saturated heterocycles. The van der Waals surface area contributed by atoms with Crippen LogP contribution in [0.5, 0.6) is 0 Å². The first-order valence-corrected chi connectivity index (χ1v) is 16.3. The maximum Gasteiger partial charge on any atom is 0.164 e. The second-order valence-electron chi connectivity index (χ2n) is 12.1. The first kappa shape index (κ1) is 23.5. The summed E-state index contributed by atoms with van der Waals surface area (Å²) < 4.78 is 51.3. The third-order valence-electron chi connectivity index (χ3n) is 9.14. The van der Waals surface area contributed by atoms with Crippen LogP contribution in [0.25, 0.3) is 94.7 Å². The summed E-state index contributed by atoms with van der Waals surface area (Å²) in [4.78, 5) is 14.7. The van der Waals surface area contributed by atoms with Gasteiger partial charge in [-0.05, 0) is 47.5 Å². The van der Waals surface area contributed by atoms with Crippen LogP contribution in [0.15, 0.2) is 174 Å². The van der Waals surface area contributed by atoms with Crippen molar-refractivity contribution in [3.05, 3.63) is 170 Å². The van der Waals surface area contributed by atoms with E-state index in [1.54, 1.807) is 0 Å². The van der Waals surface area contributed by atoms with Crippen LogP contribution in [0.2, 0.25) is 0 Å². The van der Waals surface area contributed by atoms with E-state index in [9.17, 15) is 0 Å². The van der Waals surface area contributed by atoms with Crippen LogP contribution in [0.1, 0.15) is 6.85 Å². The highest BCUT2D eigenvalue weighted by atomic mass is 16.3. The molecular formula is C45H28N4O. The highest BCUT2D eigenvalue weighted by Crippen LogP contribution is 2.42. The molecule has 0 fully saturated rings. The lowest BCUT2D eigenvalue weighted by Crippen LogP contribution is -2.00. The number of hydrogen-bond donors (Lipinski definition) is 0. The van der Waals surface area contributed by atoms with Crippen LogP contribution >= 0.6 is 0 Å². The largest absolute Gasteiger partial charge is 0.456 e. The van der Waals surface area contributed by atoms with Crippen LogP contribution in [-0.2, 0) is 0 Å². The average Bonchev–Trinajstić information content (AvgIpc) is 3.79. The van der Waals surface area contributed by atoms with Crippen molar-refractivity contribution in [2.75, 3.05) is 0 Å². The van der Waals surface area contributed by atoms with Gasteiger partial charge >= 0.3 is 0 Å². The Labute approximate surface area is 294 Å². The van der Waals surface area contributed by atoms with E-state index >= 15 is 0 Å². The van der Waals surface area contributed by atoms with Crippen LogP contribution in [-0.4, -0.2) is 19.5 Å². The summed E-state index contributed by atoms with van der Waals surface area (Å²) in [5, 5.41) is 3.50. The van der Waals surface area contributed by atoms with Crippen LogP contribution in [0.3, 0.4) is 0 Å². The number of furan rings is 1. The van der Waals surface area contributed by atoms with E-state index in [2.05, 4.69) is 10.6 Å². The minimum Gasteiger partial charge on any atom is -0.456 e. The van der Waals surface area contributed by atoms with Gasteiger partial charge in [0, 0.05) is 32.8 Å². The van der Waals surface area contributed by atoms with E-state index < -0.39 is 6.04 Å². The Morgan fingerprint density at radius 1 is 0.460 bits per heavy atom. The van der Waals surface area contributed by atoms with Gasteiger partial charge in [-0.2, -0.15) is 0 Å². The van der Waals surface area contributed by atoms with Crippen molar-refractivity contribution >= 4 is 43.7 Å². The average molecular weight is 646 g/mol. The van der Waals surface area contributed by atoms with E-state index in [4.69, 9.17) is 26.2 Å². The van der Waals surface area contributed by atoms with Crippen molar-refractivity contribution < 1.29 is 11.3 Å². The number of fused-ring (bicyclic) bond motifs is 6. The fraction of sp³-hybridized carbons (Fsp3) is 0. The number of aromatic nitrogens is 4. The third kappa shape index (κ3) is 4.52. The Kier molecular flexibility index (Phi) is 5.35. The maximum absolute atomic E-state index is 8.79. The van der Waals surface area contributed by atoms with Gasteiger partial charge in [0.05, 0.1) is 29.0 Å². The summed E-state index contributed by atoms with van der Waals surface area (Å²) in [5.41, 5.74) is 7.28. The van der Waals surface area contributed by atoms with Gasteiger partial charge in [0.1, 0.15) is 11.2 Å². The summed E-state index contributed by atoms with van der Waals surface area (Å²) >= 11 is 0. The lowest BCUT2D eigenvalue weighted by molar-refractivity contribution is 0.669. The van der Waals surface area contributed by atoms with Crippen molar-refractivity contribution in [3.63, 3.8) is 0 Å². The molecule has 10 aromatic rings. The lowest BCUT2D eigenvalue weighted by atomic mass is 9.99. The molecule has 0 aliphatic carbocycles. The predicted molar refractivity (Wildman–Crippen MR) is 203 cm³/mol. The Morgan fingerprint density at radius 2 is 1.10 bits per heavy atom. The molecule has 0 atom stereocenters. The van der Waals surface area contributed by atoms with Gasteiger partial charge in [-0.15, -0.1) is 0 Å². The quantitative estimate of drug-likeness (QED) is 0.187. The molecule has 0 radical (unpaired) electrons. The molecule has 7 aromatic carbocycles. The molecule has 5 nitrogen and oxygen atoms in total. The molecule has 0 bridgehead atoms. The van der Waals surface area contributed by atoms with Crippen molar-refractivity contribution in [2.45, 2.75) is 0 Å². The van der Waals surface area contributed by atoms with Gasteiger partial charge in [-0.1, -0.05) is 133 Å². The van der Waals surface area contributed by atoms with Crippen LogP contribution < -0.4 is 0 Å². The molecule has 234 valence electrons. The smallest absolute Gasteiger partial charge is 0.164 e. The highest BCUT2D eigenvalue weighted by molar-refractivity contribution is 6.18. The van der Waals surface area contributed by atoms with Gasteiger partial charge < -0.3 is 8.98 Å². The Hall–Kier alpha value is -6.85. The standard InChI is InChI=1S/C45H28N4O/c1-4-14-29(15-5-1)33-21-12-23-37-41(33)34-20-10-11-22-36(34)49(37)38-24-13-25-39-42(38)35-27-26-32(28-40(35)50-39)45-47-43(30-16-6-2-7-17-30)46-44(48-45)31-18-8-3-9-19-31/h1-28H/i1D,4D,5D,14D,15D. The molecule has 10 rings (SSSR count). The summed E-state index contributed by atoms with van der Waals surface area (Å²) in [6, 6.07) is 43.8. The van der Waals surface area contributed by atoms with Gasteiger partial charge in [0.15, 0.2) is 17.5 Å². The van der Waals surface area contributed by atoms with Crippen molar-refractivity contribution in [1.82, 2.24) is 19.5 Å². The fourth-order valence-electron chi connectivity index (χ4n) is 6.94. The normalized spacial score (nSPS) is 13.0. The Balaban J connectivity index is 1.19. The summed E-state index contributed by atoms with van der Waals surface area (Å²) in [5.74, 6) is 1.68. The number of hydrogen-bond acceptors (Lipinski definition) is 4. The van der Waals surface area contributed by atoms with Crippen LogP contribution in [0, 0.1) is 0 Å². The maximum atomic E-state index is 8.79. The molecule has 0 spiro atoms. The first-order valence-electron chi connectivity index (χ1n) is 18.8. The SMILES string of the molecule is [2H]c1c([2H])c([2H])c(-c2cccc3c2c2ccccc2n3-c2cccc3oc4cc(-c5nc(-c6ccccc6)nc(-c6ccccc6)n5)ccc4c23)c([2H])c1[2H]. The van der Waals surface area contributed by atoms with E-state index in [-0.39, 0.29) is 29.7 Å². The Morgan fingerprint density at radius 3 is 1.84 bits per heavy atom. The molecule has 3 heterocycles. The Bertz CT molecular complexity index is 3070. The number of benzene rings is 7. The van der Waals surface area contributed by atoms with Crippen molar-refractivity contribution in [2.24, 2.45) is 0 Å². The van der Waals surface area contributed by atoms with Gasteiger partial charge in [0.25, 0.3) is 0 Å². The monoisotopic (exact) mass is 645 g/mol. The van der Waals surface area contributed by atoms with E-state index in [0.717, 1.165) is 55.0 Å². The summed E-state index contributed by atoms with van der Waals surface area (Å²) in [6.07, 6.45) is 0. The molecule has 0 saturated carbocycles. The molecule has 3 aromatic heterocycles. The summed E-state index contributed by atoms with van der Waals surface area (Å²) in [7, 11) is 0. The van der Waals surface area contributed by atoms with Crippen molar-refractivity contribution in [3.8, 4) is 51.0 Å². The molecule has 50 heavy (non-hydrogen) atoms.